The minimum atomic E-state index is 0.515. The van der Waals surface area contributed by atoms with Gasteiger partial charge in [0, 0.05) is 5.38 Å². The molecule has 0 N–H and O–H groups in total. The van der Waals surface area contributed by atoms with E-state index < -0.39 is 0 Å². The first-order chi connectivity index (χ1) is 6.36. The van der Waals surface area contributed by atoms with Crippen molar-refractivity contribution in [3.05, 3.63) is 0 Å². The van der Waals surface area contributed by atoms with Gasteiger partial charge in [-0.3, -0.25) is 0 Å². The van der Waals surface area contributed by atoms with Crippen molar-refractivity contribution in [2.45, 2.75) is 63.2 Å². The van der Waals surface area contributed by atoms with Crippen LogP contribution in [0.3, 0.4) is 0 Å². The van der Waals surface area contributed by atoms with Crippen LogP contribution in [-0.2, 0) is 0 Å². The highest BCUT2D eigenvalue weighted by Gasteiger charge is 2.29. The summed E-state index contributed by atoms with van der Waals surface area (Å²) in [5.41, 5.74) is 0. The summed E-state index contributed by atoms with van der Waals surface area (Å²) < 4.78 is 0. The summed E-state index contributed by atoms with van der Waals surface area (Å²) in [4.78, 5) is 0. The van der Waals surface area contributed by atoms with E-state index in [1.807, 2.05) is 0 Å². The van der Waals surface area contributed by atoms with Crippen LogP contribution in [0.15, 0.2) is 0 Å². The summed E-state index contributed by atoms with van der Waals surface area (Å²) in [6.07, 6.45) is 12.9. The van der Waals surface area contributed by atoms with Crippen LogP contribution in [0.5, 0.6) is 0 Å². The SMILES string of the molecule is ClC(CCCC1CCCC1)C1CC1. The molecule has 2 saturated carbocycles. The predicted octanol–water partition coefficient (Wildman–Crippen LogP) is 4.36. The van der Waals surface area contributed by atoms with E-state index in [-0.39, 0.29) is 0 Å². The van der Waals surface area contributed by atoms with Gasteiger partial charge in [0.2, 0.25) is 0 Å². The smallest absolute Gasteiger partial charge is 0.0364 e. The van der Waals surface area contributed by atoms with Crippen LogP contribution in [0.4, 0.5) is 0 Å². The van der Waals surface area contributed by atoms with Crippen molar-refractivity contribution in [1.82, 2.24) is 0 Å². The van der Waals surface area contributed by atoms with Crippen molar-refractivity contribution in [2.75, 3.05) is 0 Å². The van der Waals surface area contributed by atoms with Crippen LogP contribution in [0.2, 0.25) is 0 Å². The van der Waals surface area contributed by atoms with Gasteiger partial charge in [0.1, 0.15) is 0 Å². The Morgan fingerprint density at radius 2 is 1.77 bits per heavy atom. The lowest BCUT2D eigenvalue weighted by molar-refractivity contribution is 0.464. The third-order valence-electron chi connectivity index (χ3n) is 3.70. The molecule has 0 heterocycles. The number of hydrogen-bond acceptors (Lipinski definition) is 0. The van der Waals surface area contributed by atoms with E-state index in [9.17, 15) is 0 Å². The highest BCUT2D eigenvalue weighted by Crippen LogP contribution is 2.38. The fourth-order valence-corrected chi connectivity index (χ4v) is 3.00. The molecule has 0 aromatic heterocycles. The first-order valence-corrected chi connectivity index (χ1v) is 6.44. The molecule has 0 radical (unpaired) electrons. The Balaban J connectivity index is 1.52. The Hall–Kier alpha value is 0.290. The average molecular weight is 201 g/mol. The van der Waals surface area contributed by atoms with Crippen LogP contribution in [0.25, 0.3) is 0 Å². The molecule has 0 aliphatic heterocycles. The Morgan fingerprint density at radius 3 is 2.38 bits per heavy atom. The fourth-order valence-electron chi connectivity index (χ4n) is 2.59. The van der Waals surface area contributed by atoms with Gasteiger partial charge < -0.3 is 0 Å². The molecule has 1 unspecified atom stereocenters. The lowest BCUT2D eigenvalue weighted by Crippen LogP contribution is -2.02. The van der Waals surface area contributed by atoms with Crippen molar-refractivity contribution >= 4 is 11.6 Å². The highest BCUT2D eigenvalue weighted by molar-refractivity contribution is 6.20. The molecule has 13 heavy (non-hydrogen) atoms. The summed E-state index contributed by atoms with van der Waals surface area (Å²) in [5, 5.41) is 0.515. The summed E-state index contributed by atoms with van der Waals surface area (Å²) in [6.45, 7) is 0. The van der Waals surface area contributed by atoms with Gasteiger partial charge in [-0.15, -0.1) is 11.6 Å². The molecule has 76 valence electrons. The molecule has 1 heteroatoms. The van der Waals surface area contributed by atoms with Crippen LogP contribution in [0.1, 0.15) is 57.8 Å². The monoisotopic (exact) mass is 200 g/mol. The van der Waals surface area contributed by atoms with Gasteiger partial charge in [0.25, 0.3) is 0 Å². The second kappa shape index (κ2) is 4.68. The van der Waals surface area contributed by atoms with Gasteiger partial charge >= 0.3 is 0 Å². The molecule has 2 rings (SSSR count). The average Bonchev–Trinajstić information content (AvgIpc) is 2.86. The molecule has 2 aliphatic rings. The van der Waals surface area contributed by atoms with E-state index in [1.165, 1.54) is 57.8 Å². The molecule has 0 aromatic carbocycles. The van der Waals surface area contributed by atoms with Crippen molar-refractivity contribution < 1.29 is 0 Å². The zero-order valence-corrected chi connectivity index (χ0v) is 9.23. The van der Waals surface area contributed by atoms with E-state index >= 15 is 0 Å². The minimum absolute atomic E-state index is 0.515. The third-order valence-corrected chi connectivity index (χ3v) is 4.28. The number of hydrogen-bond donors (Lipinski definition) is 0. The molecule has 0 aromatic rings. The molecule has 0 spiro atoms. The van der Waals surface area contributed by atoms with E-state index in [4.69, 9.17) is 11.6 Å². The van der Waals surface area contributed by atoms with Crippen LogP contribution >= 0.6 is 11.6 Å². The second-order valence-electron chi connectivity index (χ2n) is 4.93. The largest absolute Gasteiger partial charge is 0.123 e. The maximum Gasteiger partial charge on any atom is 0.0364 e. The maximum atomic E-state index is 6.26. The molecule has 0 bridgehead atoms. The normalized spacial score (nSPS) is 26.5. The number of alkyl halides is 1. The summed E-state index contributed by atoms with van der Waals surface area (Å²) in [6, 6.07) is 0. The first-order valence-electron chi connectivity index (χ1n) is 6.00. The fraction of sp³-hybridized carbons (Fsp3) is 1.00. The van der Waals surface area contributed by atoms with E-state index in [1.54, 1.807) is 0 Å². The maximum absolute atomic E-state index is 6.26. The Morgan fingerprint density at radius 1 is 1.08 bits per heavy atom. The van der Waals surface area contributed by atoms with Gasteiger partial charge in [-0.2, -0.15) is 0 Å². The number of rotatable bonds is 5. The molecule has 0 saturated heterocycles. The molecule has 0 amide bonds. The zero-order chi connectivity index (χ0) is 9.10. The van der Waals surface area contributed by atoms with E-state index in [0.29, 0.717) is 5.38 Å². The predicted molar refractivity (Wildman–Crippen MR) is 58.2 cm³/mol. The Labute approximate surface area is 87.0 Å². The molecule has 2 fully saturated rings. The zero-order valence-electron chi connectivity index (χ0n) is 8.47. The van der Waals surface area contributed by atoms with Crippen LogP contribution in [-0.4, -0.2) is 5.38 Å². The lowest BCUT2D eigenvalue weighted by atomic mass is 9.99. The molecular weight excluding hydrogens is 180 g/mol. The Bertz CT molecular complexity index is 143. The molecular formula is C12H21Cl. The van der Waals surface area contributed by atoms with Crippen molar-refractivity contribution in [3.63, 3.8) is 0 Å². The van der Waals surface area contributed by atoms with Gasteiger partial charge in [-0.25, -0.2) is 0 Å². The molecule has 2 aliphatic carbocycles. The Kier molecular flexibility index (Phi) is 3.54. The van der Waals surface area contributed by atoms with Gasteiger partial charge in [0.15, 0.2) is 0 Å². The van der Waals surface area contributed by atoms with Gasteiger partial charge in [-0.1, -0.05) is 38.5 Å². The van der Waals surface area contributed by atoms with Crippen LogP contribution < -0.4 is 0 Å². The van der Waals surface area contributed by atoms with Crippen molar-refractivity contribution in [1.29, 1.82) is 0 Å². The minimum Gasteiger partial charge on any atom is -0.123 e. The van der Waals surface area contributed by atoms with Gasteiger partial charge in [-0.05, 0) is 31.1 Å². The third kappa shape index (κ3) is 3.16. The highest BCUT2D eigenvalue weighted by atomic mass is 35.5. The molecule has 0 nitrogen and oxygen atoms in total. The quantitative estimate of drug-likeness (QED) is 0.579. The summed E-state index contributed by atoms with van der Waals surface area (Å²) in [7, 11) is 0. The lowest BCUT2D eigenvalue weighted by Gasteiger charge is -2.10. The van der Waals surface area contributed by atoms with E-state index in [0.717, 1.165) is 11.8 Å². The van der Waals surface area contributed by atoms with Gasteiger partial charge in [0.05, 0.1) is 0 Å². The first kappa shape index (κ1) is 9.83. The van der Waals surface area contributed by atoms with E-state index in [2.05, 4.69) is 0 Å². The topological polar surface area (TPSA) is 0 Å². The standard InChI is InChI=1S/C12H21Cl/c13-12(11-8-9-11)7-3-6-10-4-1-2-5-10/h10-12H,1-9H2. The summed E-state index contributed by atoms with van der Waals surface area (Å²) >= 11 is 6.26. The van der Waals surface area contributed by atoms with Crippen molar-refractivity contribution in [3.8, 4) is 0 Å². The van der Waals surface area contributed by atoms with Crippen molar-refractivity contribution in [2.24, 2.45) is 11.8 Å². The van der Waals surface area contributed by atoms with Crippen LogP contribution in [0, 0.1) is 11.8 Å². The summed E-state index contributed by atoms with van der Waals surface area (Å²) in [5.74, 6) is 1.95. The number of halogens is 1. The second-order valence-corrected chi connectivity index (χ2v) is 5.50. The molecule has 1 atom stereocenters.